The summed E-state index contributed by atoms with van der Waals surface area (Å²) in [4.78, 5) is 9.35. The Morgan fingerprint density at radius 3 is 2.72 bits per heavy atom. The molecule has 0 amide bonds. The molecule has 1 aliphatic carbocycles. The smallest absolute Gasteiger partial charge is 0.111 e. The molecule has 0 saturated heterocycles. The Morgan fingerprint density at radius 2 is 2.00 bits per heavy atom. The van der Waals surface area contributed by atoms with Crippen molar-refractivity contribution >= 4 is 10.9 Å². The Morgan fingerprint density at radius 1 is 1.16 bits per heavy atom. The molecule has 5 rings (SSSR count). The molecule has 1 fully saturated rings. The van der Waals surface area contributed by atoms with Crippen LogP contribution in [0.25, 0.3) is 33.7 Å². The number of aliphatic hydroxyl groups excluding tert-OH is 1. The molecule has 4 aromatic heterocycles. The third kappa shape index (κ3) is 3.11. The second kappa shape index (κ2) is 7.56. The maximum absolute atomic E-state index is 9.52. The van der Waals surface area contributed by atoms with Crippen LogP contribution in [-0.2, 0) is 19.2 Å². The quantitative estimate of drug-likeness (QED) is 0.521. The molecule has 0 aromatic carbocycles. The van der Waals surface area contributed by atoms with Gasteiger partial charge in [-0.15, -0.1) is 0 Å². The fourth-order valence-corrected chi connectivity index (χ4v) is 4.40. The molecule has 9 nitrogen and oxygen atoms in total. The molecular formula is C23H20N8O. The zero-order chi connectivity index (χ0) is 22.3. The number of hydrogen-bond acceptors (Lipinski definition) is 7. The Hall–Kier alpha value is -4.08. The van der Waals surface area contributed by atoms with E-state index in [0.29, 0.717) is 47.7 Å². The number of aryl methyl sites for hydroxylation is 1. The van der Waals surface area contributed by atoms with Crippen LogP contribution < -0.4 is 0 Å². The minimum atomic E-state index is -0.448. The normalized spacial score (nSPS) is 19.9. The van der Waals surface area contributed by atoms with Crippen molar-refractivity contribution in [2.24, 2.45) is 13.0 Å². The Balaban J connectivity index is 1.62. The molecule has 0 unspecified atom stereocenters. The van der Waals surface area contributed by atoms with Gasteiger partial charge >= 0.3 is 0 Å². The van der Waals surface area contributed by atoms with E-state index in [9.17, 15) is 15.6 Å². The van der Waals surface area contributed by atoms with Crippen LogP contribution in [0.1, 0.15) is 25.0 Å². The van der Waals surface area contributed by atoms with Crippen molar-refractivity contribution in [1.29, 1.82) is 10.5 Å². The summed E-state index contributed by atoms with van der Waals surface area (Å²) >= 11 is 0. The van der Waals surface area contributed by atoms with Gasteiger partial charge in [0.05, 0.1) is 53.5 Å². The van der Waals surface area contributed by atoms with E-state index in [-0.39, 0.29) is 12.5 Å². The first-order chi connectivity index (χ1) is 15.6. The van der Waals surface area contributed by atoms with Crippen molar-refractivity contribution in [1.82, 2.24) is 29.5 Å². The van der Waals surface area contributed by atoms with Gasteiger partial charge in [-0.1, -0.05) is 0 Å². The number of nitriles is 2. The highest BCUT2D eigenvalue weighted by atomic mass is 16.3. The third-order valence-electron chi connectivity index (χ3n) is 6.16. The van der Waals surface area contributed by atoms with E-state index in [1.807, 2.05) is 35.1 Å². The Labute approximate surface area is 184 Å². The summed E-state index contributed by atoms with van der Waals surface area (Å²) in [5.74, 6) is -0.0487. The summed E-state index contributed by atoms with van der Waals surface area (Å²) < 4.78 is 3.45. The van der Waals surface area contributed by atoms with Gasteiger partial charge in [-0.05, 0) is 43.2 Å². The van der Waals surface area contributed by atoms with Gasteiger partial charge in [0.1, 0.15) is 17.1 Å². The lowest BCUT2D eigenvalue weighted by Gasteiger charge is -2.43. The largest absolute Gasteiger partial charge is 0.390 e. The Bertz CT molecular complexity index is 1400. The van der Waals surface area contributed by atoms with Crippen LogP contribution in [0.3, 0.4) is 0 Å². The minimum Gasteiger partial charge on any atom is -0.390 e. The number of nitrogens with zero attached hydrogens (tertiary/aromatic N) is 8. The first-order valence-corrected chi connectivity index (χ1v) is 10.3. The van der Waals surface area contributed by atoms with Crippen LogP contribution in [0.15, 0.2) is 42.7 Å². The van der Waals surface area contributed by atoms with Crippen LogP contribution in [0, 0.1) is 28.6 Å². The summed E-state index contributed by atoms with van der Waals surface area (Å²) in [5.41, 5.74) is 3.61. The maximum atomic E-state index is 9.52. The van der Waals surface area contributed by atoms with E-state index in [2.05, 4.69) is 22.2 Å². The van der Waals surface area contributed by atoms with E-state index in [4.69, 9.17) is 10.1 Å². The average molecular weight is 424 g/mol. The molecule has 0 bridgehead atoms. The van der Waals surface area contributed by atoms with Crippen molar-refractivity contribution in [3.8, 4) is 34.9 Å². The zero-order valence-electron chi connectivity index (χ0n) is 17.5. The van der Waals surface area contributed by atoms with Gasteiger partial charge in [-0.2, -0.15) is 20.7 Å². The van der Waals surface area contributed by atoms with Crippen LogP contribution in [0.2, 0.25) is 0 Å². The fourth-order valence-electron chi connectivity index (χ4n) is 4.40. The van der Waals surface area contributed by atoms with Crippen LogP contribution in [-0.4, -0.2) is 34.6 Å². The summed E-state index contributed by atoms with van der Waals surface area (Å²) in [6.45, 7) is -0.114. The summed E-state index contributed by atoms with van der Waals surface area (Å²) in [5, 5.41) is 38.2. The molecule has 0 spiro atoms. The lowest BCUT2D eigenvalue weighted by Crippen LogP contribution is -2.46. The highest BCUT2D eigenvalue weighted by Crippen LogP contribution is 2.46. The number of pyridine rings is 2. The van der Waals surface area contributed by atoms with Gasteiger partial charge < -0.3 is 5.11 Å². The van der Waals surface area contributed by atoms with Gasteiger partial charge in [0.2, 0.25) is 0 Å². The molecule has 1 saturated carbocycles. The SMILES string of the molecule is Cn1nc(-c2cc3ncccc3c(-c3ccn(C4(CC#N)CC(C#N)C4)n3)n2)cc1CO. The second-order valence-electron chi connectivity index (χ2n) is 8.17. The first-order valence-electron chi connectivity index (χ1n) is 10.3. The predicted molar refractivity (Wildman–Crippen MR) is 115 cm³/mol. The van der Waals surface area contributed by atoms with Crippen molar-refractivity contribution in [2.75, 3.05) is 0 Å². The molecule has 0 radical (unpaired) electrons. The van der Waals surface area contributed by atoms with Crippen molar-refractivity contribution in [3.63, 3.8) is 0 Å². The topological polar surface area (TPSA) is 129 Å². The minimum absolute atomic E-state index is 0.0487. The fraction of sp³-hybridized carbons (Fsp3) is 0.304. The maximum Gasteiger partial charge on any atom is 0.111 e. The number of rotatable bonds is 5. The van der Waals surface area contributed by atoms with Gasteiger partial charge in [0.15, 0.2) is 0 Å². The van der Waals surface area contributed by atoms with E-state index in [1.54, 1.807) is 24.0 Å². The van der Waals surface area contributed by atoms with E-state index >= 15 is 0 Å². The number of aromatic nitrogens is 6. The van der Waals surface area contributed by atoms with E-state index < -0.39 is 5.54 Å². The van der Waals surface area contributed by atoms with Crippen LogP contribution >= 0.6 is 0 Å². The lowest BCUT2D eigenvalue weighted by atomic mass is 9.67. The van der Waals surface area contributed by atoms with E-state index in [0.717, 1.165) is 10.9 Å². The third-order valence-corrected chi connectivity index (χ3v) is 6.16. The monoisotopic (exact) mass is 424 g/mol. The zero-order valence-corrected chi connectivity index (χ0v) is 17.5. The van der Waals surface area contributed by atoms with Crippen LogP contribution in [0.4, 0.5) is 0 Å². The van der Waals surface area contributed by atoms with Crippen molar-refractivity contribution < 1.29 is 5.11 Å². The van der Waals surface area contributed by atoms with Crippen LogP contribution in [0.5, 0.6) is 0 Å². The molecular weight excluding hydrogens is 404 g/mol. The number of fused-ring (bicyclic) bond motifs is 1. The molecule has 0 aliphatic heterocycles. The molecule has 1 aliphatic rings. The lowest BCUT2D eigenvalue weighted by molar-refractivity contribution is 0.0884. The van der Waals surface area contributed by atoms with Gasteiger partial charge in [-0.3, -0.25) is 14.3 Å². The number of aliphatic hydroxyl groups is 1. The van der Waals surface area contributed by atoms with Crippen molar-refractivity contribution in [3.05, 3.63) is 48.4 Å². The summed E-state index contributed by atoms with van der Waals surface area (Å²) in [6.07, 6.45) is 5.13. The standard InChI is InChI=1S/C23H20N8O/c1-30-16(14-32)9-21(28-30)20-10-19-17(3-2-7-26-19)22(27-20)18-4-8-31(29-18)23(5-6-24)11-15(12-23)13-25/h2-4,7-10,15,32H,5,11-12,14H2,1H3. The molecule has 1 N–H and O–H groups in total. The average Bonchev–Trinajstić information content (AvgIpc) is 3.42. The first kappa shape index (κ1) is 19.9. The van der Waals surface area contributed by atoms with Gasteiger partial charge in [0.25, 0.3) is 0 Å². The van der Waals surface area contributed by atoms with E-state index in [1.165, 1.54) is 0 Å². The van der Waals surface area contributed by atoms with Crippen molar-refractivity contribution in [2.45, 2.75) is 31.4 Å². The second-order valence-corrected chi connectivity index (χ2v) is 8.17. The number of hydrogen-bond donors (Lipinski definition) is 1. The predicted octanol–water partition coefficient (Wildman–Crippen LogP) is 2.93. The molecule has 32 heavy (non-hydrogen) atoms. The molecule has 4 aromatic rings. The highest BCUT2D eigenvalue weighted by Gasteiger charge is 2.46. The Kier molecular flexibility index (Phi) is 4.69. The van der Waals surface area contributed by atoms with Gasteiger partial charge in [0, 0.05) is 24.8 Å². The molecule has 0 atom stereocenters. The molecule has 158 valence electrons. The van der Waals surface area contributed by atoms with Gasteiger partial charge in [-0.25, -0.2) is 4.98 Å². The summed E-state index contributed by atoms with van der Waals surface area (Å²) in [6, 6.07) is 13.9. The molecule has 4 heterocycles. The molecule has 9 heteroatoms. The summed E-state index contributed by atoms with van der Waals surface area (Å²) in [7, 11) is 1.78. The highest BCUT2D eigenvalue weighted by molar-refractivity contribution is 5.93.